The van der Waals surface area contributed by atoms with E-state index in [1.165, 1.54) is 18.5 Å². The molecule has 0 amide bonds. The van der Waals surface area contributed by atoms with Crippen LogP contribution in [-0.2, 0) is 6.54 Å². The standard InChI is InChI=1S/C17H33N3S/c1-8-17(9-2,12-18-16(4,5)6)13-20(7)10-15-11-21-14(3)19-15/h11,18H,8-10,12-13H2,1-7H3. The summed E-state index contributed by atoms with van der Waals surface area (Å²) in [7, 11) is 2.21. The number of thiazole rings is 1. The van der Waals surface area contributed by atoms with Crippen LogP contribution in [0, 0.1) is 12.3 Å². The third-order valence-corrected chi connectivity index (χ3v) is 5.02. The summed E-state index contributed by atoms with van der Waals surface area (Å²) in [5.74, 6) is 0. The predicted molar refractivity (Wildman–Crippen MR) is 94.0 cm³/mol. The molecule has 1 aromatic heterocycles. The topological polar surface area (TPSA) is 28.2 Å². The van der Waals surface area contributed by atoms with Crippen LogP contribution in [0.5, 0.6) is 0 Å². The van der Waals surface area contributed by atoms with E-state index < -0.39 is 0 Å². The number of aryl methyl sites for hydroxylation is 1. The summed E-state index contributed by atoms with van der Waals surface area (Å²) in [5.41, 5.74) is 1.72. The lowest BCUT2D eigenvalue weighted by atomic mass is 9.81. The molecule has 0 aliphatic heterocycles. The van der Waals surface area contributed by atoms with Gasteiger partial charge in [-0.3, -0.25) is 4.90 Å². The second kappa shape index (κ2) is 7.70. The molecule has 122 valence electrons. The molecular formula is C17H33N3S. The fourth-order valence-electron chi connectivity index (χ4n) is 2.62. The van der Waals surface area contributed by atoms with Gasteiger partial charge >= 0.3 is 0 Å². The molecule has 0 aromatic carbocycles. The van der Waals surface area contributed by atoms with Crippen molar-refractivity contribution in [3.8, 4) is 0 Å². The second-order valence-corrected chi connectivity index (χ2v) is 8.40. The number of hydrogen-bond donors (Lipinski definition) is 1. The smallest absolute Gasteiger partial charge is 0.0897 e. The van der Waals surface area contributed by atoms with Gasteiger partial charge in [0.15, 0.2) is 0 Å². The Kier molecular flexibility index (Phi) is 6.82. The Morgan fingerprint density at radius 1 is 1.24 bits per heavy atom. The quantitative estimate of drug-likeness (QED) is 0.784. The number of nitrogens with zero attached hydrogens (tertiary/aromatic N) is 2. The molecule has 21 heavy (non-hydrogen) atoms. The minimum atomic E-state index is 0.181. The molecule has 0 radical (unpaired) electrons. The first kappa shape index (κ1) is 18.6. The molecule has 0 unspecified atom stereocenters. The van der Waals surface area contributed by atoms with Gasteiger partial charge in [-0.05, 0) is 53.0 Å². The van der Waals surface area contributed by atoms with Gasteiger partial charge in [-0.15, -0.1) is 11.3 Å². The van der Waals surface area contributed by atoms with E-state index in [-0.39, 0.29) is 5.54 Å². The molecule has 0 fully saturated rings. The summed E-state index contributed by atoms with van der Waals surface area (Å²) < 4.78 is 0. The summed E-state index contributed by atoms with van der Waals surface area (Å²) in [6.07, 6.45) is 2.40. The zero-order valence-corrected chi connectivity index (χ0v) is 15.7. The van der Waals surface area contributed by atoms with E-state index in [4.69, 9.17) is 0 Å². The molecule has 0 atom stereocenters. The molecule has 0 aliphatic rings. The highest BCUT2D eigenvalue weighted by Crippen LogP contribution is 2.28. The van der Waals surface area contributed by atoms with Crippen molar-refractivity contribution in [2.45, 2.75) is 66.5 Å². The monoisotopic (exact) mass is 311 g/mol. The Bertz CT molecular complexity index is 416. The SMILES string of the molecule is CCC(CC)(CNC(C)(C)C)CN(C)Cc1csc(C)n1. The molecule has 3 nitrogen and oxygen atoms in total. The van der Waals surface area contributed by atoms with Gasteiger partial charge in [-0.2, -0.15) is 0 Å². The maximum atomic E-state index is 4.58. The van der Waals surface area contributed by atoms with Crippen LogP contribution in [0.3, 0.4) is 0 Å². The van der Waals surface area contributed by atoms with Crippen molar-refractivity contribution in [2.75, 3.05) is 20.1 Å². The summed E-state index contributed by atoms with van der Waals surface area (Å²) in [4.78, 5) is 7.00. The minimum absolute atomic E-state index is 0.181. The molecule has 1 N–H and O–H groups in total. The highest BCUT2D eigenvalue weighted by Gasteiger charge is 2.29. The van der Waals surface area contributed by atoms with E-state index >= 15 is 0 Å². The van der Waals surface area contributed by atoms with Crippen LogP contribution in [0.1, 0.15) is 58.2 Å². The summed E-state index contributed by atoms with van der Waals surface area (Å²) in [5, 5.41) is 7.03. The lowest BCUT2D eigenvalue weighted by molar-refractivity contribution is 0.139. The third-order valence-electron chi connectivity index (χ3n) is 4.20. The van der Waals surface area contributed by atoms with E-state index in [1.807, 2.05) is 0 Å². The van der Waals surface area contributed by atoms with Crippen molar-refractivity contribution in [3.05, 3.63) is 16.1 Å². The van der Waals surface area contributed by atoms with Gasteiger partial charge in [0, 0.05) is 30.6 Å². The van der Waals surface area contributed by atoms with Gasteiger partial charge in [0.05, 0.1) is 10.7 Å². The largest absolute Gasteiger partial charge is 0.311 e. The Morgan fingerprint density at radius 2 is 1.86 bits per heavy atom. The molecule has 0 spiro atoms. The zero-order chi connectivity index (χ0) is 16.1. The second-order valence-electron chi connectivity index (χ2n) is 7.34. The predicted octanol–water partition coefficient (Wildman–Crippen LogP) is 4.08. The Labute approximate surface area is 135 Å². The molecular weight excluding hydrogens is 278 g/mol. The van der Waals surface area contributed by atoms with Gasteiger partial charge in [0.2, 0.25) is 0 Å². The average Bonchev–Trinajstić information content (AvgIpc) is 2.79. The molecule has 0 saturated heterocycles. The molecule has 1 heterocycles. The van der Waals surface area contributed by atoms with Crippen molar-refractivity contribution in [1.82, 2.24) is 15.2 Å². The maximum Gasteiger partial charge on any atom is 0.0897 e. The Hall–Kier alpha value is -0.450. The van der Waals surface area contributed by atoms with Gasteiger partial charge in [-0.1, -0.05) is 13.8 Å². The fraction of sp³-hybridized carbons (Fsp3) is 0.824. The van der Waals surface area contributed by atoms with Crippen LogP contribution in [0.2, 0.25) is 0 Å². The van der Waals surface area contributed by atoms with Crippen molar-refractivity contribution in [3.63, 3.8) is 0 Å². The normalized spacial score (nSPS) is 13.1. The van der Waals surface area contributed by atoms with Crippen LogP contribution in [0.25, 0.3) is 0 Å². The van der Waals surface area contributed by atoms with Gasteiger partial charge < -0.3 is 5.32 Å². The Balaban J connectivity index is 2.63. The van der Waals surface area contributed by atoms with Crippen LogP contribution in [-0.4, -0.2) is 35.6 Å². The van der Waals surface area contributed by atoms with Crippen LogP contribution >= 0.6 is 11.3 Å². The highest BCUT2D eigenvalue weighted by atomic mass is 32.1. The van der Waals surface area contributed by atoms with Crippen molar-refractivity contribution < 1.29 is 0 Å². The van der Waals surface area contributed by atoms with E-state index in [0.29, 0.717) is 5.41 Å². The van der Waals surface area contributed by atoms with Gasteiger partial charge in [0.25, 0.3) is 0 Å². The van der Waals surface area contributed by atoms with E-state index in [9.17, 15) is 0 Å². The number of aromatic nitrogens is 1. The molecule has 0 aliphatic carbocycles. The summed E-state index contributed by atoms with van der Waals surface area (Å²) in [6, 6.07) is 0. The van der Waals surface area contributed by atoms with Crippen molar-refractivity contribution in [1.29, 1.82) is 0 Å². The first-order valence-electron chi connectivity index (χ1n) is 8.04. The lowest BCUT2D eigenvalue weighted by Crippen LogP contribution is -2.47. The zero-order valence-electron chi connectivity index (χ0n) is 14.9. The van der Waals surface area contributed by atoms with Crippen LogP contribution in [0.4, 0.5) is 0 Å². The van der Waals surface area contributed by atoms with Gasteiger partial charge in [-0.25, -0.2) is 4.98 Å². The number of hydrogen-bond acceptors (Lipinski definition) is 4. The van der Waals surface area contributed by atoms with Crippen LogP contribution in [0.15, 0.2) is 5.38 Å². The average molecular weight is 312 g/mol. The van der Waals surface area contributed by atoms with E-state index in [2.05, 4.69) is 69.2 Å². The molecule has 0 saturated carbocycles. The first-order valence-corrected chi connectivity index (χ1v) is 8.92. The van der Waals surface area contributed by atoms with Crippen LogP contribution < -0.4 is 5.32 Å². The maximum absolute atomic E-state index is 4.58. The molecule has 0 bridgehead atoms. The van der Waals surface area contributed by atoms with Crippen molar-refractivity contribution in [2.24, 2.45) is 5.41 Å². The number of rotatable bonds is 8. The fourth-order valence-corrected chi connectivity index (χ4v) is 3.22. The molecule has 4 heteroatoms. The first-order chi connectivity index (χ1) is 9.69. The summed E-state index contributed by atoms with van der Waals surface area (Å²) >= 11 is 1.74. The van der Waals surface area contributed by atoms with E-state index in [0.717, 1.165) is 24.6 Å². The minimum Gasteiger partial charge on any atom is -0.311 e. The third kappa shape index (κ3) is 6.45. The van der Waals surface area contributed by atoms with E-state index in [1.54, 1.807) is 11.3 Å². The molecule has 1 rings (SSSR count). The number of nitrogens with one attached hydrogen (secondary N) is 1. The summed E-state index contributed by atoms with van der Waals surface area (Å²) in [6.45, 7) is 16.6. The lowest BCUT2D eigenvalue weighted by Gasteiger charge is -2.38. The highest BCUT2D eigenvalue weighted by molar-refractivity contribution is 7.09. The Morgan fingerprint density at radius 3 is 2.29 bits per heavy atom. The molecule has 1 aromatic rings. The van der Waals surface area contributed by atoms with Gasteiger partial charge in [0.1, 0.15) is 0 Å². The van der Waals surface area contributed by atoms with Crippen molar-refractivity contribution >= 4 is 11.3 Å².